The number of nitrogens with zero attached hydrogens (tertiary/aromatic N) is 2. The molecule has 0 aliphatic rings. The minimum atomic E-state index is -0.552. The SMILES string of the molecule is Cc1nc(-c2ccc(F)cc2)ncc1C(=O)Nc1ccc(Br)cc1F. The van der Waals surface area contributed by atoms with Crippen molar-refractivity contribution < 1.29 is 13.6 Å². The Labute approximate surface area is 151 Å². The van der Waals surface area contributed by atoms with Gasteiger partial charge in [0.05, 0.1) is 16.9 Å². The van der Waals surface area contributed by atoms with Crippen LogP contribution in [0.5, 0.6) is 0 Å². The van der Waals surface area contributed by atoms with Gasteiger partial charge in [-0.1, -0.05) is 15.9 Å². The van der Waals surface area contributed by atoms with E-state index in [0.29, 0.717) is 21.6 Å². The van der Waals surface area contributed by atoms with E-state index in [1.165, 1.54) is 30.5 Å². The fourth-order valence-corrected chi connectivity index (χ4v) is 2.54. The molecule has 0 atom stereocenters. The smallest absolute Gasteiger partial charge is 0.259 e. The van der Waals surface area contributed by atoms with Crippen molar-refractivity contribution in [3.8, 4) is 11.4 Å². The fourth-order valence-electron chi connectivity index (χ4n) is 2.21. The molecule has 3 rings (SSSR count). The molecule has 1 heterocycles. The molecular weight excluding hydrogens is 392 g/mol. The third kappa shape index (κ3) is 3.88. The van der Waals surface area contributed by atoms with E-state index >= 15 is 0 Å². The van der Waals surface area contributed by atoms with Crippen molar-refractivity contribution in [2.24, 2.45) is 0 Å². The van der Waals surface area contributed by atoms with E-state index in [0.717, 1.165) is 0 Å². The summed E-state index contributed by atoms with van der Waals surface area (Å²) in [6, 6.07) is 10.1. The first-order valence-corrected chi connectivity index (χ1v) is 8.09. The Balaban J connectivity index is 1.85. The van der Waals surface area contributed by atoms with E-state index in [1.54, 1.807) is 25.1 Å². The number of anilines is 1. The lowest BCUT2D eigenvalue weighted by Gasteiger charge is -2.09. The van der Waals surface area contributed by atoms with Gasteiger partial charge in [0.25, 0.3) is 5.91 Å². The molecule has 0 unspecified atom stereocenters. The van der Waals surface area contributed by atoms with Crippen LogP contribution < -0.4 is 5.32 Å². The molecule has 126 valence electrons. The Kier molecular flexibility index (Phi) is 4.85. The largest absolute Gasteiger partial charge is 0.319 e. The zero-order chi connectivity index (χ0) is 18.0. The number of rotatable bonds is 3. The van der Waals surface area contributed by atoms with Crippen molar-refractivity contribution in [2.45, 2.75) is 6.92 Å². The molecule has 25 heavy (non-hydrogen) atoms. The maximum absolute atomic E-state index is 13.8. The lowest BCUT2D eigenvalue weighted by Crippen LogP contribution is -2.16. The molecule has 7 heteroatoms. The Morgan fingerprint density at radius 2 is 1.84 bits per heavy atom. The van der Waals surface area contributed by atoms with Crippen LogP contribution in [0.15, 0.2) is 53.1 Å². The van der Waals surface area contributed by atoms with Crippen molar-refractivity contribution in [2.75, 3.05) is 5.32 Å². The van der Waals surface area contributed by atoms with E-state index in [1.807, 2.05) is 0 Å². The van der Waals surface area contributed by atoms with Gasteiger partial charge in [0.15, 0.2) is 5.82 Å². The van der Waals surface area contributed by atoms with Crippen molar-refractivity contribution >= 4 is 27.5 Å². The van der Waals surface area contributed by atoms with E-state index in [4.69, 9.17) is 0 Å². The van der Waals surface area contributed by atoms with Crippen LogP contribution >= 0.6 is 15.9 Å². The average Bonchev–Trinajstić information content (AvgIpc) is 2.58. The minimum Gasteiger partial charge on any atom is -0.319 e. The third-order valence-electron chi connectivity index (χ3n) is 3.51. The van der Waals surface area contributed by atoms with Crippen LogP contribution in [-0.4, -0.2) is 15.9 Å². The molecule has 4 nitrogen and oxygen atoms in total. The molecular formula is C18H12BrF2N3O. The van der Waals surface area contributed by atoms with Crippen LogP contribution in [-0.2, 0) is 0 Å². The van der Waals surface area contributed by atoms with Gasteiger partial charge in [-0.25, -0.2) is 18.7 Å². The molecule has 0 aliphatic heterocycles. The topological polar surface area (TPSA) is 54.9 Å². The predicted octanol–water partition coefficient (Wildman–Crippen LogP) is 4.75. The quantitative estimate of drug-likeness (QED) is 0.686. The number of aryl methyl sites for hydroxylation is 1. The summed E-state index contributed by atoms with van der Waals surface area (Å²) in [5.41, 5.74) is 1.36. The molecule has 2 aromatic carbocycles. The second-order valence-electron chi connectivity index (χ2n) is 5.28. The third-order valence-corrected chi connectivity index (χ3v) is 4.00. The van der Waals surface area contributed by atoms with Gasteiger partial charge in [0.1, 0.15) is 11.6 Å². The van der Waals surface area contributed by atoms with Gasteiger partial charge in [0.2, 0.25) is 0 Å². The maximum atomic E-state index is 13.8. The van der Waals surface area contributed by atoms with Crippen LogP contribution in [0.2, 0.25) is 0 Å². The molecule has 0 fully saturated rings. The summed E-state index contributed by atoms with van der Waals surface area (Å²) < 4.78 is 27.4. The second kappa shape index (κ2) is 7.06. The van der Waals surface area contributed by atoms with Gasteiger partial charge in [-0.2, -0.15) is 0 Å². The molecule has 1 amide bonds. The lowest BCUT2D eigenvalue weighted by molar-refractivity contribution is 0.102. The van der Waals surface area contributed by atoms with E-state index in [9.17, 15) is 13.6 Å². The highest BCUT2D eigenvalue weighted by atomic mass is 79.9. The van der Waals surface area contributed by atoms with Crippen molar-refractivity contribution in [1.82, 2.24) is 9.97 Å². The summed E-state index contributed by atoms with van der Waals surface area (Å²) in [4.78, 5) is 20.8. The van der Waals surface area contributed by atoms with E-state index in [2.05, 4.69) is 31.2 Å². The van der Waals surface area contributed by atoms with Crippen molar-refractivity contribution in [3.05, 3.63) is 76.0 Å². The maximum Gasteiger partial charge on any atom is 0.259 e. The molecule has 0 radical (unpaired) electrons. The first-order chi connectivity index (χ1) is 11.9. The van der Waals surface area contributed by atoms with Crippen molar-refractivity contribution in [3.63, 3.8) is 0 Å². The van der Waals surface area contributed by atoms with Crippen LogP contribution in [0.4, 0.5) is 14.5 Å². The summed E-state index contributed by atoms with van der Waals surface area (Å²) in [7, 11) is 0. The molecule has 0 saturated carbocycles. The fraction of sp³-hybridized carbons (Fsp3) is 0.0556. The standard InChI is InChI=1S/C18H12BrF2N3O/c1-10-14(18(25)24-16-7-4-12(19)8-15(16)21)9-22-17(23-10)11-2-5-13(20)6-3-11/h2-9H,1H3,(H,24,25). The number of aromatic nitrogens is 2. The molecule has 1 aromatic heterocycles. The monoisotopic (exact) mass is 403 g/mol. The Morgan fingerprint density at radius 1 is 1.12 bits per heavy atom. The zero-order valence-electron chi connectivity index (χ0n) is 13.1. The molecule has 1 N–H and O–H groups in total. The van der Waals surface area contributed by atoms with Gasteiger partial charge in [-0.3, -0.25) is 4.79 Å². The summed E-state index contributed by atoms with van der Waals surface area (Å²) in [6.45, 7) is 1.65. The number of hydrogen-bond donors (Lipinski definition) is 1. The number of benzene rings is 2. The van der Waals surface area contributed by atoms with Crippen LogP contribution in [0.25, 0.3) is 11.4 Å². The van der Waals surface area contributed by atoms with Gasteiger partial charge in [0, 0.05) is 16.2 Å². The summed E-state index contributed by atoms with van der Waals surface area (Å²) in [5.74, 6) is -1.04. The van der Waals surface area contributed by atoms with Crippen LogP contribution in [0, 0.1) is 18.6 Å². The molecule has 0 saturated heterocycles. The highest BCUT2D eigenvalue weighted by Crippen LogP contribution is 2.21. The number of nitrogens with one attached hydrogen (secondary N) is 1. The number of carbonyl (C=O) groups excluding carboxylic acids is 1. The minimum absolute atomic E-state index is 0.0650. The van der Waals surface area contributed by atoms with E-state index in [-0.39, 0.29) is 17.1 Å². The van der Waals surface area contributed by atoms with Gasteiger partial charge >= 0.3 is 0 Å². The summed E-state index contributed by atoms with van der Waals surface area (Å²) in [5, 5.41) is 2.50. The predicted molar refractivity (Wildman–Crippen MR) is 94.2 cm³/mol. The highest BCUT2D eigenvalue weighted by molar-refractivity contribution is 9.10. The Hall–Kier alpha value is -2.67. The van der Waals surface area contributed by atoms with Crippen LogP contribution in [0.1, 0.15) is 16.1 Å². The highest BCUT2D eigenvalue weighted by Gasteiger charge is 2.14. The summed E-state index contributed by atoms with van der Waals surface area (Å²) >= 11 is 3.16. The average molecular weight is 404 g/mol. The van der Waals surface area contributed by atoms with Gasteiger partial charge in [-0.15, -0.1) is 0 Å². The molecule has 0 bridgehead atoms. The zero-order valence-corrected chi connectivity index (χ0v) is 14.6. The van der Waals surface area contributed by atoms with E-state index < -0.39 is 11.7 Å². The second-order valence-corrected chi connectivity index (χ2v) is 6.19. The van der Waals surface area contributed by atoms with Crippen LogP contribution in [0.3, 0.4) is 0 Å². The normalized spacial score (nSPS) is 10.6. The number of amides is 1. The molecule has 0 aliphatic carbocycles. The number of hydrogen-bond acceptors (Lipinski definition) is 3. The van der Waals surface area contributed by atoms with Gasteiger partial charge in [-0.05, 0) is 49.4 Å². The van der Waals surface area contributed by atoms with Gasteiger partial charge < -0.3 is 5.32 Å². The Bertz CT molecular complexity index is 946. The number of carbonyl (C=O) groups is 1. The molecule has 3 aromatic rings. The number of halogens is 3. The van der Waals surface area contributed by atoms with Crippen molar-refractivity contribution in [1.29, 1.82) is 0 Å². The molecule has 0 spiro atoms. The lowest BCUT2D eigenvalue weighted by atomic mass is 10.1. The first-order valence-electron chi connectivity index (χ1n) is 7.30. The Morgan fingerprint density at radius 3 is 2.48 bits per heavy atom. The summed E-state index contributed by atoms with van der Waals surface area (Å²) in [6.07, 6.45) is 1.37. The first kappa shape index (κ1) is 17.2.